The summed E-state index contributed by atoms with van der Waals surface area (Å²) >= 11 is 9.51. The van der Waals surface area contributed by atoms with E-state index in [0.29, 0.717) is 5.11 Å². The molecule has 2 aromatic carbocycles. The van der Waals surface area contributed by atoms with E-state index in [1.807, 2.05) is 18.3 Å². The molecule has 2 aromatic heterocycles. The van der Waals surface area contributed by atoms with Crippen LogP contribution in [0.3, 0.4) is 0 Å². The lowest BCUT2D eigenvalue weighted by atomic mass is 9.96. The molecule has 0 amide bonds. The maximum Gasteiger partial charge on any atom is 0.174 e. The van der Waals surface area contributed by atoms with Crippen LogP contribution in [0.25, 0.3) is 5.69 Å². The van der Waals surface area contributed by atoms with Crippen molar-refractivity contribution in [2.24, 2.45) is 0 Å². The highest BCUT2D eigenvalue weighted by molar-refractivity contribution is 9.10. The van der Waals surface area contributed by atoms with Gasteiger partial charge in [0.2, 0.25) is 0 Å². The number of anilines is 1. The monoisotopic (exact) mass is 516 g/mol. The SMILES string of the molecule is Cc1cccc(N2C(=S)N[C@H](c3ccccn3)[C@H]2c2cc(C)n(-c3cccc(Br)c3)c2C)c1. The second kappa shape index (κ2) is 8.76. The molecular weight excluding hydrogens is 492 g/mol. The van der Waals surface area contributed by atoms with E-state index in [9.17, 15) is 0 Å². The van der Waals surface area contributed by atoms with Gasteiger partial charge in [-0.25, -0.2) is 0 Å². The molecule has 1 fully saturated rings. The molecule has 0 saturated carbocycles. The molecule has 6 heteroatoms. The fourth-order valence-electron chi connectivity index (χ4n) is 4.83. The predicted octanol–water partition coefficient (Wildman–Crippen LogP) is 6.74. The average molecular weight is 517 g/mol. The van der Waals surface area contributed by atoms with Gasteiger partial charge in [0.1, 0.15) is 0 Å². The van der Waals surface area contributed by atoms with Gasteiger partial charge in [-0.2, -0.15) is 0 Å². The number of nitrogens with zero attached hydrogens (tertiary/aromatic N) is 3. The third-order valence-corrected chi connectivity index (χ3v) is 7.04. The Hall–Kier alpha value is -2.96. The summed E-state index contributed by atoms with van der Waals surface area (Å²) in [6.45, 7) is 6.46. The molecule has 1 aliphatic rings. The topological polar surface area (TPSA) is 33.1 Å². The number of pyridine rings is 1. The van der Waals surface area contributed by atoms with Gasteiger partial charge in [-0.1, -0.05) is 40.2 Å². The van der Waals surface area contributed by atoms with Crippen LogP contribution in [0.4, 0.5) is 5.69 Å². The Labute approximate surface area is 208 Å². The van der Waals surface area contributed by atoms with Gasteiger partial charge in [0, 0.05) is 33.4 Å². The zero-order valence-electron chi connectivity index (χ0n) is 18.8. The molecular formula is C27H25BrN4S. The lowest BCUT2D eigenvalue weighted by Crippen LogP contribution is -2.29. The first-order valence-corrected chi connectivity index (χ1v) is 12.2. The van der Waals surface area contributed by atoms with Crippen LogP contribution in [-0.2, 0) is 0 Å². The van der Waals surface area contributed by atoms with Crippen LogP contribution >= 0.6 is 28.1 Å². The Kier molecular flexibility index (Phi) is 5.81. The lowest BCUT2D eigenvalue weighted by Gasteiger charge is -2.28. The van der Waals surface area contributed by atoms with Crippen molar-refractivity contribution in [1.29, 1.82) is 0 Å². The summed E-state index contributed by atoms with van der Waals surface area (Å²) in [5.74, 6) is 0. The molecule has 3 heterocycles. The van der Waals surface area contributed by atoms with Crippen molar-refractivity contribution < 1.29 is 0 Å². The van der Waals surface area contributed by atoms with Crippen molar-refractivity contribution in [1.82, 2.24) is 14.9 Å². The van der Waals surface area contributed by atoms with Crippen LogP contribution in [0.5, 0.6) is 0 Å². The Morgan fingerprint density at radius 3 is 2.42 bits per heavy atom. The van der Waals surface area contributed by atoms with Crippen molar-refractivity contribution in [3.05, 3.63) is 112 Å². The highest BCUT2D eigenvalue weighted by Crippen LogP contribution is 2.43. The molecule has 4 aromatic rings. The second-order valence-corrected chi connectivity index (χ2v) is 9.78. The number of aromatic nitrogens is 2. The first-order valence-electron chi connectivity index (χ1n) is 11.0. The summed E-state index contributed by atoms with van der Waals surface area (Å²) < 4.78 is 3.37. The van der Waals surface area contributed by atoms with E-state index in [2.05, 4.69) is 117 Å². The van der Waals surface area contributed by atoms with Gasteiger partial charge < -0.3 is 14.8 Å². The molecule has 0 bridgehead atoms. The van der Waals surface area contributed by atoms with Gasteiger partial charge in [0.05, 0.1) is 17.8 Å². The molecule has 2 atom stereocenters. The van der Waals surface area contributed by atoms with Crippen LogP contribution in [0, 0.1) is 20.8 Å². The number of halogens is 1. The van der Waals surface area contributed by atoms with Crippen LogP contribution in [-0.4, -0.2) is 14.7 Å². The van der Waals surface area contributed by atoms with Gasteiger partial charge in [-0.3, -0.25) is 4.98 Å². The maximum absolute atomic E-state index is 5.89. The normalized spacial score (nSPS) is 17.9. The van der Waals surface area contributed by atoms with E-state index in [-0.39, 0.29) is 12.1 Å². The molecule has 166 valence electrons. The summed E-state index contributed by atoms with van der Waals surface area (Å²) in [6.07, 6.45) is 1.84. The number of benzene rings is 2. The average Bonchev–Trinajstić information content (AvgIpc) is 3.29. The fourth-order valence-corrected chi connectivity index (χ4v) is 5.56. The number of thiocarbonyl (C=S) groups is 1. The van der Waals surface area contributed by atoms with Crippen LogP contribution < -0.4 is 10.2 Å². The van der Waals surface area contributed by atoms with Gasteiger partial charge in [-0.05, 0) is 92.6 Å². The van der Waals surface area contributed by atoms with Gasteiger partial charge in [0.25, 0.3) is 0 Å². The Morgan fingerprint density at radius 2 is 1.70 bits per heavy atom. The largest absolute Gasteiger partial charge is 0.351 e. The van der Waals surface area contributed by atoms with Gasteiger partial charge >= 0.3 is 0 Å². The second-order valence-electron chi connectivity index (χ2n) is 8.48. The van der Waals surface area contributed by atoms with Crippen molar-refractivity contribution in [3.8, 4) is 5.69 Å². The van der Waals surface area contributed by atoms with E-state index >= 15 is 0 Å². The number of rotatable bonds is 4. The molecule has 1 saturated heterocycles. The zero-order valence-corrected chi connectivity index (χ0v) is 21.2. The Balaban J connectivity index is 1.69. The Bertz CT molecular complexity index is 1330. The minimum Gasteiger partial charge on any atom is -0.351 e. The third-order valence-electron chi connectivity index (χ3n) is 6.23. The summed E-state index contributed by atoms with van der Waals surface area (Å²) in [5, 5.41) is 4.29. The zero-order chi connectivity index (χ0) is 23.1. The van der Waals surface area contributed by atoms with E-state index in [0.717, 1.165) is 21.5 Å². The minimum absolute atomic E-state index is 0.0266. The van der Waals surface area contributed by atoms with E-state index < -0.39 is 0 Å². The quantitative estimate of drug-likeness (QED) is 0.304. The van der Waals surface area contributed by atoms with Crippen molar-refractivity contribution in [2.45, 2.75) is 32.9 Å². The predicted molar refractivity (Wildman–Crippen MR) is 142 cm³/mol. The highest BCUT2D eigenvalue weighted by atomic mass is 79.9. The van der Waals surface area contributed by atoms with Crippen LogP contribution in [0.15, 0.2) is 83.5 Å². The molecule has 0 aliphatic carbocycles. The first kappa shape index (κ1) is 21.9. The summed E-state index contributed by atoms with van der Waals surface area (Å²) in [5.41, 5.74) is 8.01. The summed E-state index contributed by atoms with van der Waals surface area (Å²) in [7, 11) is 0. The molecule has 4 nitrogen and oxygen atoms in total. The third kappa shape index (κ3) is 3.98. The fraction of sp³-hybridized carbons (Fsp3) is 0.185. The molecule has 0 radical (unpaired) electrons. The van der Waals surface area contributed by atoms with Crippen molar-refractivity contribution in [2.75, 3.05) is 4.90 Å². The number of hydrogen-bond acceptors (Lipinski definition) is 2. The van der Waals surface area contributed by atoms with Crippen molar-refractivity contribution in [3.63, 3.8) is 0 Å². The molecule has 5 rings (SSSR count). The number of nitrogens with one attached hydrogen (secondary N) is 1. The highest BCUT2D eigenvalue weighted by Gasteiger charge is 2.42. The molecule has 1 N–H and O–H groups in total. The van der Waals surface area contributed by atoms with Gasteiger partial charge in [0.15, 0.2) is 5.11 Å². The molecule has 0 unspecified atom stereocenters. The minimum atomic E-state index is -0.0596. The van der Waals surface area contributed by atoms with E-state index in [4.69, 9.17) is 12.2 Å². The summed E-state index contributed by atoms with van der Waals surface area (Å²) in [6, 6.07) is 25.2. The number of hydrogen-bond donors (Lipinski definition) is 1. The molecule has 0 spiro atoms. The van der Waals surface area contributed by atoms with E-state index in [1.165, 1.54) is 22.5 Å². The maximum atomic E-state index is 5.89. The van der Waals surface area contributed by atoms with Gasteiger partial charge in [-0.15, -0.1) is 0 Å². The lowest BCUT2D eigenvalue weighted by molar-refractivity contribution is 0.565. The standard InChI is InChI=1S/C27H25BrN4S/c1-17-8-6-10-21(14-17)32-26(25(30-27(32)33)24-12-4-5-13-29-24)23-15-18(2)31(19(23)3)22-11-7-9-20(28)16-22/h4-16,25-26H,1-3H3,(H,30,33)/t25-,26-/m1/s1. The molecule has 1 aliphatic heterocycles. The van der Waals surface area contributed by atoms with Crippen molar-refractivity contribution >= 4 is 38.9 Å². The Morgan fingerprint density at radius 1 is 0.909 bits per heavy atom. The van der Waals surface area contributed by atoms with Crippen LogP contribution in [0.2, 0.25) is 0 Å². The first-order chi connectivity index (χ1) is 15.9. The van der Waals surface area contributed by atoms with E-state index in [1.54, 1.807) is 0 Å². The van der Waals surface area contributed by atoms with Crippen LogP contribution in [0.1, 0.15) is 40.3 Å². The molecule has 33 heavy (non-hydrogen) atoms. The number of aryl methyl sites for hydroxylation is 2. The smallest absolute Gasteiger partial charge is 0.174 e. The summed E-state index contributed by atoms with van der Waals surface area (Å²) in [4.78, 5) is 6.93.